The minimum absolute atomic E-state index is 0.0165. The molecule has 0 amide bonds. The van der Waals surface area contributed by atoms with E-state index in [4.69, 9.17) is 17.3 Å². The Morgan fingerprint density at radius 1 is 1.40 bits per heavy atom. The minimum Gasteiger partial charge on any atom is -0.383 e. The van der Waals surface area contributed by atoms with Crippen LogP contribution in [0.5, 0.6) is 0 Å². The molecule has 0 aliphatic rings. The summed E-state index contributed by atoms with van der Waals surface area (Å²) >= 11 is 5.70. The van der Waals surface area contributed by atoms with Crippen LogP contribution in [0.3, 0.4) is 0 Å². The first-order chi connectivity index (χ1) is 9.54. The zero-order valence-corrected chi connectivity index (χ0v) is 10.8. The van der Waals surface area contributed by atoms with Gasteiger partial charge in [-0.1, -0.05) is 23.7 Å². The molecule has 2 aromatic rings. The number of nitrogens with two attached hydrogens (primary N) is 1. The smallest absolute Gasteiger partial charge is 0.270 e. The number of nitrogens with one attached hydrogen (secondary N) is 1. The molecule has 20 heavy (non-hydrogen) atoms. The molecule has 0 fully saturated rings. The monoisotopic (exact) mass is 292 g/mol. The van der Waals surface area contributed by atoms with E-state index in [0.717, 1.165) is 0 Å². The largest absolute Gasteiger partial charge is 0.383 e. The molecule has 9 heteroatoms. The molecule has 0 unspecified atom stereocenters. The molecule has 1 aromatic carbocycles. The predicted molar refractivity (Wildman–Crippen MR) is 75.8 cm³/mol. The zero-order valence-electron chi connectivity index (χ0n) is 10.0. The molecular formula is C11H9ClN6O2. The van der Waals surface area contributed by atoms with Crippen molar-refractivity contribution in [2.75, 3.05) is 11.2 Å². The summed E-state index contributed by atoms with van der Waals surface area (Å²) in [7, 11) is 0. The summed E-state index contributed by atoms with van der Waals surface area (Å²) in [4.78, 5) is 17.9. The van der Waals surface area contributed by atoms with Crippen LogP contribution < -0.4 is 11.2 Å². The van der Waals surface area contributed by atoms with Gasteiger partial charge in [-0.25, -0.2) is 5.43 Å². The SMILES string of the molecule is Nc1cc(Cl)nc(N/N=C/c2cccc([N+](=O)[O-])c2)n1. The summed E-state index contributed by atoms with van der Waals surface area (Å²) in [5.74, 6) is 0.342. The molecular weight excluding hydrogens is 284 g/mol. The van der Waals surface area contributed by atoms with Gasteiger partial charge >= 0.3 is 0 Å². The van der Waals surface area contributed by atoms with Crippen molar-refractivity contribution in [3.05, 3.63) is 51.2 Å². The van der Waals surface area contributed by atoms with Crippen molar-refractivity contribution in [2.24, 2.45) is 5.10 Å². The Morgan fingerprint density at radius 3 is 2.90 bits per heavy atom. The van der Waals surface area contributed by atoms with Crippen LogP contribution >= 0.6 is 11.6 Å². The fourth-order valence-electron chi connectivity index (χ4n) is 1.37. The van der Waals surface area contributed by atoms with Gasteiger partial charge in [0.2, 0.25) is 5.95 Å². The predicted octanol–water partition coefficient (Wildman–Crippen LogP) is 2.07. The molecule has 1 heterocycles. The second-order valence-corrected chi connectivity index (χ2v) is 4.05. The standard InChI is InChI=1S/C11H9ClN6O2/c12-9-5-10(13)16-11(15-9)17-14-6-7-2-1-3-8(4-7)18(19)20/h1-6H,(H3,13,15,16,17)/b14-6+. The number of rotatable bonds is 4. The molecule has 0 saturated carbocycles. The van der Waals surface area contributed by atoms with Gasteiger partial charge in [-0.3, -0.25) is 10.1 Å². The van der Waals surface area contributed by atoms with Crippen LogP contribution in [0.4, 0.5) is 17.5 Å². The van der Waals surface area contributed by atoms with Gasteiger partial charge in [0, 0.05) is 23.8 Å². The van der Waals surface area contributed by atoms with Crippen LogP contribution in [0.1, 0.15) is 5.56 Å². The van der Waals surface area contributed by atoms with E-state index in [-0.39, 0.29) is 22.6 Å². The number of halogens is 1. The van der Waals surface area contributed by atoms with Gasteiger partial charge in [-0.15, -0.1) is 0 Å². The molecule has 0 radical (unpaired) electrons. The molecule has 1 aromatic heterocycles. The quantitative estimate of drug-likeness (QED) is 0.385. The molecule has 8 nitrogen and oxygen atoms in total. The lowest BCUT2D eigenvalue weighted by atomic mass is 10.2. The van der Waals surface area contributed by atoms with E-state index in [1.54, 1.807) is 12.1 Å². The number of anilines is 2. The Hall–Kier alpha value is -2.74. The van der Waals surface area contributed by atoms with Crippen LogP contribution in [-0.4, -0.2) is 21.1 Å². The van der Waals surface area contributed by atoms with Gasteiger partial charge in [-0.2, -0.15) is 15.1 Å². The summed E-state index contributed by atoms with van der Waals surface area (Å²) < 4.78 is 0. The van der Waals surface area contributed by atoms with Gasteiger partial charge in [0.25, 0.3) is 5.69 Å². The molecule has 102 valence electrons. The maximum Gasteiger partial charge on any atom is 0.270 e. The maximum absolute atomic E-state index is 10.6. The number of aromatic nitrogens is 2. The van der Waals surface area contributed by atoms with E-state index in [9.17, 15) is 10.1 Å². The van der Waals surface area contributed by atoms with E-state index in [1.807, 2.05) is 0 Å². The topological polar surface area (TPSA) is 119 Å². The lowest BCUT2D eigenvalue weighted by molar-refractivity contribution is -0.384. The number of nitro groups is 1. The molecule has 3 N–H and O–H groups in total. The van der Waals surface area contributed by atoms with Crippen LogP contribution in [0, 0.1) is 10.1 Å². The van der Waals surface area contributed by atoms with Crippen molar-refractivity contribution in [3.8, 4) is 0 Å². The summed E-state index contributed by atoms with van der Waals surface area (Å²) in [5, 5.41) is 14.7. The third kappa shape index (κ3) is 3.62. The van der Waals surface area contributed by atoms with Crippen molar-refractivity contribution in [3.63, 3.8) is 0 Å². The first-order valence-electron chi connectivity index (χ1n) is 5.38. The lowest BCUT2D eigenvalue weighted by Crippen LogP contribution is -2.00. The fraction of sp³-hybridized carbons (Fsp3) is 0. The van der Waals surface area contributed by atoms with Crippen molar-refractivity contribution in [2.45, 2.75) is 0 Å². The number of hydrazone groups is 1. The third-order valence-corrected chi connectivity index (χ3v) is 2.37. The maximum atomic E-state index is 10.6. The Morgan fingerprint density at radius 2 is 2.20 bits per heavy atom. The molecule has 0 bridgehead atoms. The van der Waals surface area contributed by atoms with Crippen molar-refractivity contribution in [1.82, 2.24) is 9.97 Å². The molecule has 0 atom stereocenters. The summed E-state index contributed by atoms with van der Waals surface area (Å²) in [6.07, 6.45) is 1.40. The van der Waals surface area contributed by atoms with Crippen LogP contribution in [-0.2, 0) is 0 Å². The lowest BCUT2D eigenvalue weighted by Gasteiger charge is -2.00. The molecule has 0 spiro atoms. The van der Waals surface area contributed by atoms with Crippen LogP contribution in [0.2, 0.25) is 5.15 Å². The normalized spacial score (nSPS) is 10.7. The average molecular weight is 293 g/mol. The Labute approximate surface area is 118 Å². The first-order valence-corrected chi connectivity index (χ1v) is 5.76. The summed E-state index contributed by atoms with van der Waals surface area (Å²) in [5.41, 5.74) is 8.57. The summed E-state index contributed by atoms with van der Waals surface area (Å²) in [6.45, 7) is 0. The molecule has 0 aliphatic heterocycles. The van der Waals surface area contributed by atoms with Crippen LogP contribution in [0.15, 0.2) is 35.4 Å². The van der Waals surface area contributed by atoms with Crippen molar-refractivity contribution in [1.29, 1.82) is 0 Å². The van der Waals surface area contributed by atoms with E-state index in [2.05, 4.69) is 20.5 Å². The average Bonchev–Trinajstić information content (AvgIpc) is 2.38. The Balaban J connectivity index is 2.10. The highest BCUT2D eigenvalue weighted by atomic mass is 35.5. The van der Waals surface area contributed by atoms with Gasteiger partial charge in [-0.05, 0) is 0 Å². The van der Waals surface area contributed by atoms with Gasteiger partial charge in [0.1, 0.15) is 11.0 Å². The summed E-state index contributed by atoms with van der Waals surface area (Å²) in [6, 6.07) is 7.42. The number of hydrogen-bond donors (Lipinski definition) is 2. The van der Waals surface area contributed by atoms with Crippen molar-refractivity contribution < 1.29 is 4.92 Å². The number of hydrogen-bond acceptors (Lipinski definition) is 7. The van der Waals surface area contributed by atoms with E-state index in [0.29, 0.717) is 5.56 Å². The van der Waals surface area contributed by atoms with E-state index in [1.165, 1.54) is 24.4 Å². The van der Waals surface area contributed by atoms with Gasteiger partial charge < -0.3 is 5.73 Å². The first kappa shape index (κ1) is 13.7. The number of nitro benzene ring substituents is 1. The number of non-ortho nitro benzene ring substituents is 1. The second-order valence-electron chi connectivity index (χ2n) is 3.66. The van der Waals surface area contributed by atoms with E-state index >= 15 is 0 Å². The molecule has 0 saturated heterocycles. The van der Waals surface area contributed by atoms with Gasteiger partial charge in [0.15, 0.2) is 0 Å². The zero-order chi connectivity index (χ0) is 14.5. The molecule has 2 rings (SSSR count). The highest BCUT2D eigenvalue weighted by Gasteiger charge is 2.04. The number of benzene rings is 1. The number of nitrogen functional groups attached to an aromatic ring is 1. The number of nitrogens with zero attached hydrogens (tertiary/aromatic N) is 4. The van der Waals surface area contributed by atoms with Gasteiger partial charge in [0.05, 0.1) is 11.1 Å². The highest BCUT2D eigenvalue weighted by Crippen LogP contribution is 2.13. The highest BCUT2D eigenvalue weighted by molar-refractivity contribution is 6.29. The van der Waals surface area contributed by atoms with E-state index < -0.39 is 4.92 Å². The van der Waals surface area contributed by atoms with Crippen molar-refractivity contribution >= 4 is 35.3 Å². The Bertz CT molecular complexity index is 655. The van der Waals surface area contributed by atoms with Crippen LogP contribution in [0.25, 0.3) is 0 Å². The second kappa shape index (κ2) is 5.93. The fourth-order valence-corrected chi connectivity index (χ4v) is 1.56. The Kier molecular flexibility index (Phi) is 4.06. The third-order valence-electron chi connectivity index (χ3n) is 2.17. The molecule has 0 aliphatic carbocycles. The minimum atomic E-state index is -0.481.